The van der Waals surface area contributed by atoms with Gasteiger partial charge in [-0.25, -0.2) is 0 Å². The van der Waals surface area contributed by atoms with E-state index in [2.05, 4.69) is 12.2 Å². The van der Waals surface area contributed by atoms with Gasteiger partial charge in [-0.1, -0.05) is 0 Å². The number of nitrogens with one attached hydrogen (secondary N) is 1. The standard InChI is InChI=1S/C11H15NO2S/c1-7-11(6-13)15-10-4-3-8(14-2)5-9(10)12-7/h3-5,7,11-13H,6H2,1-2H3. The minimum absolute atomic E-state index is 0.199. The Morgan fingerprint density at radius 3 is 3.00 bits per heavy atom. The van der Waals surface area contributed by atoms with E-state index in [0.717, 1.165) is 11.4 Å². The lowest BCUT2D eigenvalue weighted by molar-refractivity contribution is 0.287. The summed E-state index contributed by atoms with van der Waals surface area (Å²) in [5.41, 5.74) is 1.09. The zero-order chi connectivity index (χ0) is 10.8. The maximum absolute atomic E-state index is 9.20. The summed E-state index contributed by atoms with van der Waals surface area (Å²) in [6, 6.07) is 6.24. The summed E-state index contributed by atoms with van der Waals surface area (Å²) in [5, 5.41) is 12.8. The fraction of sp³-hybridized carbons (Fsp3) is 0.455. The molecule has 3 nitrogen and oxygen atoms in total. The highest BCUT2D eigenvalue weighted by atomic mass is 32.2. The predicted octanol–water partition coefficient (Wildman–Crippen LogP) is 1.96. The SMILES string of the molecule is COc1ccc2c(c1)NC(C)C(CO)S2. The molecule has 2 atom stereocenters. The molecule has 0 fully saturated rings. The van der Waals surface area contributed by atoms with Gasteiger partial charge in [0.2, 0.25) is 0 Å². The Morgan fingerprint density at radius 1 is 1.53 bits per heavy atom. The number of thioether (sulfide) groups is 1. The molecule has 0 saturated heterocycles. The molecule has 15 heavy (non-hydrogen) atoms. The third-order valence-electron chi connectivity index (χ3n) is 2.59. The van der Waals surface area contributed by atoms with Gasteiger partial charge in [-0.2, -0.15) is 0 Å². The van der Waals surface area contributed by atoms with Crippen molar-refractivity contribution in [1.82, 2.24) is 0 Å². The van der Waals surface area contributed by atoms with Crippen LogP contribution in [0.2, 0.25) is 0 Å². The Morgan fingerprint density at radius 2 is 2.33 bits per heavy atom. The van der Waals surface area contributed by atoms with Crippen LogP contribution in [0.25, 0.3) is 0 Å². The van der Waals surface area contributed by atoms with Crippen LogP contribution in [0.15, 0.2) is 23.1 Å². The number of methoxy groups -OCH3 is 1. The van der Waals surface area contributed by atoms with Crippen molar-refractivity contribution in [3.8, 4) is 5.75 Å². The van der Waals surface area contributed by atoms with Crippen LogP contribution in [0.3, 0.4) is 0 Å². The van der Waals surface area contributed by atoms with E-state index in [9.17, 15) is 5.11 Å². The number of rotatable bonds is 2. The predicted molar refractivity (Wildman–Crippen MR) is 62.8 cm³/mol. The van der Waals surface area contributed by atoms with Gasteiger partial charge in [0.25, 0.3) is 0 Å². The van der Waals surface area contributed by atoms with E-state index in [1.165, 1.54) is 4.90 Å². The molecule has 1 aromatic rings. The van der Waals surface area contributed by atoms with Crippen molar-refractivity contribution in [2.75, 3.05) is 19.0 Å². The second kappa shape index (κ2) is 4.33. The number of aliphatic hydroxyl groups is 1. The minimum atomic E-state index is 0.199. The van der Waals surface area contributed by atoms with Crippen molar-refractivity contribution in [3.05, 3.63) is 18.2 Å². The van der Waals surface area contributed by atoms with Crippen LogP contribution in [-0.2, 0) is 0 Å². The Labute approximate surface area is 93.8 Å². The molecule has 1 heterocycles. The van der Waals surface area contributed by atoms with Crippen molar-refractivity contribution in [2.24, 2.45) is 0 Å². The Kier molecular flexibility index (Phi) is 3.07. The van der Waals surface area contributed by atoms with Gasteiger partial charge in [-0.05, 0) is 19.1 Å². The molecule has 0 spiro atoms. The van der Waals surface area contributed by atoms with E-state index in [1.807, 2.05) is 18.2 Å². The summed E-state index contributed by atoms with van der Waals surface area (Å²) in [4.78, 5) is 1.17. The largest absolute Gasteiger partial charge is 0.497 e. The molecule has 1 aliphatic heterocycles. The first kappa shape index (κ1) is 10.6. The van der Waals surface area contributed by atoms with Crippen molar-refractivity contribution in [3.63, 3.8) is 0 Å². The normalized spacial score (nSPS) is 24.2. The lowest BCUT2D eigenvalue weighted by atomic mass is 10.2. The van der Waals surface area contributed by atoms with E-state index in [1.54, 1.807) is 18.9 Å². The number of aliphatic hydroxyl groups excluding tert-OH is 1. The summed E-state index contributed by atoms with van der Waals surface area (Å²) in [6.45, 7) is 2.28. The second-order valence-electron chi connectivity index (χ2n) is 3.63. The van der Waals surface area contributed by atoms with E-state index in [4.69, 9.17) is 4.74 Å². The third-order valence-corrected chi connectivity index (χ3v) is 4.06. The van der Waals surface area contributed by atoms with Gasteiger partial charge in [-0.3, -0.25) is 0 Å². The van der Waals surface area contributed by atoms with E-state index < -0.39 is 0 Å². The fourth-order valence-electron chi connectivity index (χ4n) is 1.65. The average Bonchev–Trinajstić information content (AvgIpc) is 2.27. The number of fused-ring (bicyclic) bond motifs is 1. The Hall–Kier alpha value is -0.870. The summed E-state index contributed by atoms with van der Waals surface area (Å²) < 4.78 is 5.17. The molecule has 4 heteroatoms. The molecule has 0 bridgehead atoms. The van der Waals surface area contributed by atoms with E-state index in [0.29, 0.717) is 0 Å². The number of ether oxygens (including phenoxy) is 1. The quantitative estimate of drug-likeness (QED) is 0.807. The van der Waals surface area contributed by atoms with Crippen molar-refractivity contribution < 1.29 is 9.84 Å². The summed E-state index contributed by atoms with van der Waals surface area (Å²) >= 11 is 1.72. The lowest BCUT2D eigenvalue weighted by Gasteiger charge is -2.30. The molecule has 1 aromatic carbocycles. The van der Waals surface area contributed by atoms with Crippen LogP contribution in [0.1, 0.15) is 6.92 Å². The average molecular weight is 225 g/mol. The molecule has 0 aliphatic carbocycles. The molecular weight excluding hydrogens is 210 g/mol. The first-order valence-electron chi connectivity index (χ1n) is 4.96. The van der Waals surface area contributed by atoms with Gasteiger partial charge in [0.15, 0.2) is 0 Å². The smallest absolute Gasteiger partial charge is 0.121 e. The van der Waals surface area contributed by atoms with Crippen molar-refractivity contribution >= 4 is 17.4 Å². The van der Waals surface area contributed by atoms with Gasteiger partial charge in [0.05, 0.1) is 24.7 Å². The van der Waals surface area contributed by atoms with Crippen LogP contribution in [-0.4, -0.2) is 30.1 Å². The van der Waals surface area contributed by atoms with Crippen LogP contribution in [0.5, 0.6) is 5.75 Å². The topological polar surface area (TPSA) is 41.5 Å². The maximum atomic E-state index is 9.20. The molecule has 0 radical (unpaired) electrons. The molecule has 0 amide bonds. The molecule has 0 saturated carbocycles. The number of anilines is 1. The monoisotopic (exact) mass is 225 g/mol. The second-order valence-corrected chi connectivity index (χ2v) is 4.92. The van der Waals surface area contributed by atoms with Gasteiger partial charge >= 0.3 is 0 Å². The fourth-order valence-corrected chi connectivity index (χ4v) is 2.71. The molecular formula is C11H15NO2S. The number of hydrogen-bond acceptors (Lipinski definition) is 4. The van der Waals surface area contributed by atoms with Crippen LogP contribution in [0, 0.1) is 0 Å². The Bertz CT molecular complexity index is 356. The summed E-state index contributed by atoms with van der Waals surface area (Å²) in [6.07, 6.45) is 0. The van der Waals surface area contributed by atoms with Crippen LogP contribution in [0.4, 0.5) is 5.69 Å². The van der Waals surface area contributed by atoms with Crippen molar-refractivity contribution in [1.29, 1.82) is 0 Å². The van der Waals surface area contributed by atoms with E-state index >= 15 is 0 Å². The van der Waals surface area contributed by atoms with Gasteiger partial charge in [0, 0.05) is 17.0 Å². The third kappa shape index (κ3) is 2.06. The zero-order valence-corrected chi connectivity index (χ0v) is 9.67. The molecule has 82 valence electrons. The van der Waals surface area contributed by atoms with Crippen LogP contribution >= 0.6 is 11.8 Å². The van der Waals surface area contributed by atoms with E-state index in [-0.39, 0.29) is 17.9 Å². The molecule has 1 aliphatic rings. The zero-order valence-electron chi connectivity index (χ0n) is 8.86. The number of benzene rings is 1. The summed E-state index contributed by atoms with van der Waals surface area (Å²) in [7, 11) is 1.66. The highest BCUT2D eigenvalue weighted by Gasteiger charge is 2.24. The molecule has 2 N–H and O–H groups in total. The van der Waals surface area contributed by atoms with Crippen LogP contribution < -0.4 is 10.1 Å². The molecule has 2 rings (SSSR count). The molecule has 2 unspecified atom stereocenters. The Balaban J connectivity index is 2.28. The van der Waals surface area contributed by atoms with Gasteiger partial charge in [-0.15, -0.1) is 11.8 Å². The summed E-state index contributed by atoms with van der Waals surface area (Å²) in [5.74, 6) is 0.858. The lowest BCUT2D eigenvalue weighted by Crippen LogP contribution is -2.34. The minimum Gasteiger partial charge on any atom is -0.497 e. The van der Waals surface area contributed by atoms with Crippen molar-refractivity contribution in [2.45, 2.75) is 23.1 Å². The van der Waals surface area contributed by atoms with Gasteiger partial charge < -0.3 is 15.2 Å². The first-order chi connectivity index (χ1) is 7.24. The molecule has 0 aromatic heterocycles. The highest BCUT2D eigenvalue weighted by Crippen LogP contribution is 2.39. The maximum Gasteiger partial charge on any atom is 0.121 e. The number of hydrogen-bond donors (Lipinski definition) is 2. The highest BCUT2D eigenvalue weighted by molar-refractivity contribution is 8.00. The first-order valence-corrected chi connectivity index (χ1v) is 5.84. The van der Waals surface area contributed by atoms with Gasteiger partial charge in [0.1, 0.15) is 5.75 Å².